The molecular weight excluding hydrogens is 382 g/mol. The molecule has 2 aliphatic rings. The summed E-state index contributed by atoms with van der Waals surface area (Å²) < 4.78 is 5.42. The number of benzene rings is 2. The van der Waals surface area contributed by atoms with E-state index in [1.54, 1.807) is 16.7 Å². The highest BCUT2D eigenvalue weighted by Crippen LogP contribution is 2.29. The summed E-state index contributed by atoms with van der Waals surface area (Å²) in [5.41, 5.74) is 3.49. The molecule has 0 N–H and O–H groups in total. The van der Waals surface area contributed by atoms with Gasteiger partial charge in [-0.1, -0.05) is 49.0 Å². The van der Waals surface area contributed by atoms with Gasteiger partial charge in [-0.15, -0.1) is 0 Å². The van der Waals surface area contributed by atoms with Crippen molar-refractivity contribution in [1.82, 2.24) is 0 Å². The molecule has 4 rings (SSSR count). The number of para-hydroxylation sites is 1. The highest BCUT2D eigenvalue weighted by Gasteiger charge is 2.31. The van der Waals surface area contributed by atoms with Gasteiger partial charge in [0.15, 0.2) is 5.17 Å². The van der Waals surface area contributed by atoms with Crippen molar-refractivity contribution in [3.8, 4) is 0 Å². The van der Waals surface area contributed by atoms with Crippen LogP contribution in [0.1, 0.15) is 18.9 Å². The molecule has 1 saturated heterocycles. The maximum absolute atomic E-state index is 13.1. The molecule has 6 heteroatoms. The Bertz CT molecular complexity index is 903. The van der Waals surface area contributed by atoms with Crippen LogP contribution in [0.3, 0.4) is 0 Å². The van der Waals surface area contributed by atoms with Crippen LogP contribution in [-0.4, -0.2) is 43.1 Å². The topological polar surface area (TPSA) is 45.1 Å². The molecule has 1 fully saturated rings. The van der Waals surface area contributed by atoms with Crippen LogP contribution in [0.4, 0.5) is 11.4 Å². The highest BCUT2D eigenvalue weighted by molar-refractivity contribution is 8.14. The minimum atomic E-state index is -0.0768. The van der Waals surface area contributed by atoms with E-state index in [0.29, 0.717) is 5.70 Å². The van der Waals surface area contributed by atoms with Gasteiger partial charge in [0.25, 0.3) is 5.91 Å². The van der Waals surface area contributed by atoms with Gasteiger partial charge in [-0.25, -0.2) is 4.99 Å². The zero-order valence-corrected chi connectivity index (χ0v) is 17.4. The van der Waals surface area contributed by atoms with E-state index in [1.807, 2.05) is 48.5 Å². The number of anilines is 2. The summed E-state index contributed by atoms with van der Waals surface area (Å²) in [4.78, 5) is 21.8. The molecule has 0 radical (unpaired) electrons. The molecule has 0 saturated carbocycles. The summed E-state index contributed by atoms with van der Waals surface area (Å²) in [6.07, 6.45) is 2.91. The van der Waals surface area contributed by atoms with Crippen molar-refractivity contribution < 1.29 is 9.53 Å². The number of hydrogen-bond donors (Lipinski definition) is 0. The average Bonchev–Trinajstić information content (AvgIpc) is 3.09. The third-order valence-electron chi connectivity index (χ3n) is 4.85. The van der Waals surface area contributed by atoms with E-state index in [9.17, 15) is 4.79 Å². The Morgan fingerprint density at radius 2 is 1.76 bits per heavy atom. The smallest absolute Gasteiger partial charge is 0.283 e. The van der Waals surface area contributed by atoms with Gasteiger partial charge in [0, 0.05) is 24.5 Å². The van der Waals surface area contributed by atoms with Crippen LogP contribution >= 0.6 is 11.8 Å². The van der Waals surface area contributed by atoms with Crippen LogP contribution < -0.4 is 9.80 Å². The Morgan fingerprint density at radius 3 is 2.45 bits per heavy atom. The quantitative estimate of drug-likeness (QED) is 0.689. The number of rotatable bonds is 5. The van der Waals surface area contributed by atoms with Crippen molar-refractivity contribution in [1.29, 1.82) is 0 Å². The zero-order chi connectivity index (χ0) is 20.1. The number of amidine groups is 1. The molecule has 5 nitrogen and oxygen atoms in total. The SMILES string of the molecule is CCCSC1=NC(=Cc2ccc(N3CCOCC3)cc2)C(=O)N1c1ccccc1. The van der Waals surface area contributed by atoms with Crippen molar-refractivity contribution in [2.75, 3.05) is 41.9 Å². The lowest BCUT2D eigenvalue weighted by atomic mass is 10.1. The number of ether oxygens (including phenoxy) is 1. The minimum Gasteiger partial charge on any atom is -0.378 e. The summed E-state index contributed by atoms with van der Waals surface area (Å²) in [6, 6.07) is 18.0. The van der Waals surface area contributed by atoms with E-state index >= 15 is 0 Å². The van der Waals surface area contributed by atoms with Crippen LogP contribution in [0.15, 0.2) is 65.3 Å². The van der Waals surface area contributed by atoms with Crippen molar-refractivity contribution >= 4 is 40.3 Å². The molecular formula is C23H25N3O2S. The third-order valence-corrected chi connectivity index (χ3v) is 6.00. The van der Waals surface area contributed by atoms with E-state index < -0.39 is 0 Å². The van der Waals surface area contributed by atoms with Gasteiger partial charge in [-0.05, 0) is 42.3 Å². The predicted molar refractivity (Wildman–Crippen MR) is 122 cm³/mol. The van der Waals surface area contributed by atoms with Crippen LogP contribution in [0.5, 0.6) is 0 Å². The molecule has 2 aromatic rings. The second-order valence-corrected chi connectivity index (χ2v) is 8.00. The number of hydrogen-bond acceptors (Lipinski definition) is 5. The molecule has 0 unspecified atom stereocenters. The molecule has 0 aliphatic carbocycles. The minimum absolute atomic E-state index is 0.0768. The van der Waals surface area contributed by atoms with Gasteiger partial charge >= 0.3 is 0 Å². The van der Waals surface area contributed by atoms with Crippen molar-refractivity contribution in [3.05, 3.63) is 65.9 Å². The van der Waals surface area contributed by atoms with Crippen LogP contribution in [-0.2, 0) is 9.53 Å². The second kappa shape index (κ2) is 9.29. The first-order valence-electron chi connectivity index (χ1n) is 10.0. The number of amides is 1. The van der Waals surface area contributed by atoms with E-state index in [1.165, 1.54) is 5.69 Å². The largest absolute Gasteiger partial charge is 0.378 e. The Morgan fingerprint density at radius 1 is 1.03 bits per heavy atom. The molecule has 150 valence electrons. The van der Waals surface area contributed by atoms with Crippen molar-refractivity contribution in [2.24, 2.45) is 4.99 Å². The zero-order valence-electron chi connectivity index (χ0n) is 16.6. The fraction of sp³-hybridized carbons (Fsp3) is 0.304. The second-order valence-electron chi connectivity index (χ2n) is 6.94. The number of aliphatic imine (C=N–C) groups is 1. The summed E-state index contributed by atoms with van der Waals surface area (Å²) in [5, 5.41) is 0.749. The van der Waals surface area contributed by atoms with E-state index in [2.05, 4.69) is 28.9 Å². The maximum Gasteiger partial charge on any atom is 0.283 e. The van der Waals surface area contributed by atoms with Crippen molar-refractivity contribution in [3.63, 3.8) is 0 Å². The third kappa shape index (κ3) is 4.54. The maximum atomic E-state index is 13.1. The summed E-state index contributed by atoms with van der Waals surface area (Å²) in [7, 11) is 0. The molecule has 0 atom stereocenters. The molecule has 2 aliphatic heterocycles. The van der Waals surface area contributed by atoms with Gasteiger partial charge in [-0.2, -0.15) is 0 Å². The molecule has 0 spiro atoms. The standard InChI is InChI=1S/C23H25N3O2S/c1-2-16-29-23-24-21(22(27)26(23)20-6-4-3-5-7-20)17-18-8-10-19(11-9-18)25-12-14-28-15-13-25/h3-11,17H,2,12-16H2,1H3. The van der Waals surface area contributed by atoms with Gasteiger partial charge in [0.05, 0.1) is 18.9 Å². The highest BCUT2D eigenvalue weighted by atomic mass is 32.2. The number of morpholine rings is 1. The Hall–Kier alpha value is -2.57. The monoisotopic (exact) mass is 407 g/mol. The molecule has 2 aromatic carbocycles. The van der Waals surface area contributed by atoms with E-state index in [0.717, 1.165) is 54.9 Å². The molecule has 0 aromatic heterocycles. The van der Waals surface area contributed by atoms with Crippen LogP contribution in [0, 0.1) is 0 Å². The Balaban J connectivity index is 1.57. The normalized spacial score (nSPS) is 18.4. The van der Waals surface area contributed by atoms with Gasteiger partial charge in [-0.3, -0.25) is 9.69 Å². The first kappa shape index (κ1) is 19.7. The summed E-state index contributed by atoms with van der Waals surface area (Å²) in [6.45, 7) is 5.48. The fourth-order valence-corrected chi connectivity index (χ4v) is 4.22. The number of carbonyl (C=O) groups is 1. The fourth-order valence-electron chi connectivity index (χ4n) is 3.35. The molecule has 0 bridgehead atoms. The first-order chi connectivity index (χ1) is 14.3. The number of thioether (sulfide) groups is 1. The lowest BCUT2D eigenvalue weighted by molar-refractivity contribution is -0.113. The number of carbonyl (C=O) groups excluding carboxylic acids is 1. The van der Waals surface area contributed by atoms with Crippen LogP contribution in [0.25, 0.3) is 6.08 Å². The van der Waals surface area contributed by atoms with Gasteiger partial charge in [0.2, 0.25) is 0 Å². The lowest BCUT2D eigenvalue weighted by Gasteiger charge is -2.28. The van der Waals surface area contributed by atoms with Crippen molar-refractivity contribution in [2.45, 2.75) is 13.3 Å². The summed E-state index contributed by atoms with van der Waals surface area (Å²) in [5.74, 6) is 0.851. The predicted octanol–water partition coefficient (Wildman–Crippen LogP) is 4.41. The molecule has 1 amide bonds. The number of nitrogens with zero attached hydrogens (tertiary/aromatic N) is 3. The van der Waals surface area contributed by atoms with Gasteiger partial charge < -0.3 is 9.64 Å². The Kier molecular flexibility index (Phi) is 6.32. The first-order valence-corrected chi connectivity index (χ1v) is 11.0. The van der Waals surface area contributed by atoms with E-state index in [-0.39, 0.29) is 5.91 Å². The Labute approximate surface area is 176 Å². The molecule has 2 heterocycles. The van der Waals surface area contributed by atoms with Gasteiger partial charge in [0.1, 0.15) is 5.70 Å². The molecule has 29 heavy (non-hydrogen) atoms. The van der Waals surface area contributed by atoms with E-state index in [4.69, 9.17) is 4.74 Å². The lowest BCUT2D eigenvalue weighted by Crippen LogP contribution is -2.36. The summed E-state index contributed by atoms with van der Waals surface area (Å²) >= 11 is 1.62. The van der Waals surface area contributed by atoms with Crippen LogP contribution in [0.2, 0.25) is 0 Å². The average molecular weight is 408 g/mol.